The number of anilines is 1. The number of benzene rings is 2. The van der Waals surface area contributed by atoms with Crippen LogP contribution in [0.15, 0.2) is 58.1 Å². The van der Waals surface area contributed by atoms with Crippen molar-refractivity contribution in [1.29, 1.82) is 0 Å². The van der Waals surface area contributed by atoms with Gasteiger partial charge in [0.05, 0.1) is 6.21 Å². The van der Waals surface area contributed by atoms with Gasteiger partial charge in [0.15, 0.2) is 0 Å². The highest BCUT2D eigenvalue weighted by molar-refractivity contribution is 9.10. The second kappa shape index (κ2) is 8.43. The summed E-state index contributed by atoms with van der Waals surface area (Å²) in [7, 11) is 0. The Morgan fingerprint density at radius 1 is 1.26 bits per heavy atom. The Morgan fingerprint density at radius 3 is 2.61 bits per heavy atom. The average Bonchev–Trinajstić information content (AvgIpc) is 2.56. The molecule has 0 aliphatic heterocycles. The summed E-state index contributed by atoms with van der Waals surface area (Å²) in [6.07, 6.45) is 1.89. The molecule has 2 aromatic rings. The molecule has 6 heteroatoms. The summed E-state index contributed by atoms with van der Waals surface area (Å²) in [4.78, 5) is 12.1. The monoisotopic (exact) mass is 377 g/mol. The van der Waals surface area contributed by atoms with Crippen molar-refractivity contribution in [3.8, 4) is 0 Å². The number of nitrogens with zero attached hydrogens (tertiary/aromatic N) is 1. The van der Waals surface area contributed by atoms with E-state index in [-0.39, 0.29) is 11.7 Å². The molecule has 0 aliphatic carbocycles. The highest BCUT2D eigenvalue weighted by Gasteiger charge is 2.15. The lowest BCUT2D eigenvalue weighted by Crippen LogP contribution is -2.36. The van der Waals surface area contributed by atoms with Gasteiger partial charge in [-0.3, -0.25) is 4.79 Å². The summed E-state index contributed by atoms with van der Waals surface area (Å²) in [5.41, 5.74) is 3.60. The third-order valence-corrected chi connectivity index (χ3v) is 3.72. The molecule has 1 atom stereocenters. The highest BCUT2D eigenvalue weighted by atomic mass is 79.9. The van der Waals surface area contributed by atoms with Gasteiger partial charge in [0.25, 0.3) is 5.91 Å². The molecule has 0 saturated carbocycles. The van der Waals surface area contributed by atoms with Crippen LogP contribution in [0.2, 0.25) is 0 Å². The maximum Gasteiger partial charge on any atom is 0.262 e. The molecule has 0 spiro atoms. The zero-order valence-electron chi connectivity index (χ0n) is 12.6. The maximum absolute atomic E-state index is 13.4. The van der Waals surface area contributed by atoms with Gasteiger partial charge in [0, 0.05) is 15.7 Å². The number of halogens is 2. The van der Waals surface area contributed by atoms with Gasteiger partial charge >= 0.3 is 0 Å². The first-order valence-electron chi connectivity index (χ1n) is 7.19. The lowest BCUT2D eigenvalue weighted by Gasteiger charge is -2.16. The number of nitrogens with one attached hydrogen (secondary N) is 2. The number of hydrogen-bond acceptors (Lipinski definition) is 3. The highest BCUT2D eigenvalue weighted by Crippen LogP contribution is 2.15. The lowest BCUT2D eigenvalue weighted by molar-refractivity contribution is -0.121. The van der Waals surface area contributed by atoms with Crippen molar-refractivity contribution in [3.05, 3.63) is 64.4 Å². The smallest absolute Gasteiger partial charge is 0.262 e. The van der Waals surface area contributed by atoms with Crippen LogP contribution in [0.3, 0.4) is 0 Å². The molecule has 1 amide bonds. The summed E-state index contributed by atoms with van der Waals surface area (Å²) in [6.45, 7) is 1.90. The Labute approximate surface area is 142 Å². The van der Waals surface area contributed by atoms with E-state index in [1.165, 1.54) is 12.3 Å². The normalized spacial score (nSPS) is 12.1. The van der Waals surface area contributed by atoms with Gasteiger partial charge in [-0.1, -0.05) is 41.1 Å². The molecule has 0 heterocycles. The summed E-state index contributed by atoms with van der Waals surface area (Å²) >= 11 is 3.36. The fraction of sp³-hybridized carbons (Fsp3) is 0.176. The SMILES string of the molecule is CC[C@H](Nc1ccc(Br)cc1)C(=O)N/N=C\c1ccccc1F. The summed E-state index contributed by atoms with van der Waals surface area (Å²) in [5.74, 6) is -0.659. The first kappa shape index (κ1) is 17.1. The van der Waals surface area contributed by atoms with E-state index in [0.29, 0.717) is 12.0 Å². The molecule has 2 rings (SSSR count). The van der Waals surface area contributed by atoms with Crippen LogP contribution in [0.1, 0.15) is 18.9 Å². The summed E-state index contributed by atoms with van der Waals surface area (Å²) in [5, 5.41) is 6.95. The van der Waals surface area contributed by atoms with E-state index in [4.69, 9.17) is 0 Å². The van der Waals surface area contributed by atoms with Crippen LogP contribution in [-0.4, -0.2) is 18.2 Å². The molecule has 0 saturated heterocycles. The zero-order valence-corrected chi connectivity index (χ0v) is 14.2. The fourth-order valence-electron chi connectivity index (χ4n) is 1.92. The number of carbonyl (C=O) groups is 1. The predicted octanol–water partition coefficient (Wildman–Crippen LogP) is 3.93. The predicted molar refractivity (Wildman–Crippen MR) is 94.0 cm³/mol. The molecule has 0 aliphatic rings. The van der Waals surface area contributed by atoms with Gasteiger partial charge in [-0.15, -0.1) is 0 Å². The van der Waals surface area contributed by atoms with Crippen LogP contribution >= 0.6 is 15.9 Å². The second-order valence-electron chi connectivity index (χ2n) is 4.87. The Balaban J connectivity index is 1.95. The molecule has 0 radical (unpaired) electrons. The minimum Gasteiger partial charge on any atom is -0.374 e. The van der Waals surface area contributed by atoms with Gasteiger partial charge in [-0.25, -0.2) is 9.82 Å². The molecule has 120 valence electrons. The van der Waals surface area contributed by atoms with Crippen molar-refractivity contribution in [2.45, 2.75) is 19.4 Å². The lowest BCUT2D eigenvalue weighted by atomic mass is 10.2. The van der Waals surface area contributed by atoms with Crippen molar-refractivity contribution in [3.63, 3.8) is 0 Å². The van der Waals surface area contributed by atoms with E-state index >= 15 is 0 Å². The third kappa shape index (κ3) is 5.17. The molecular formula is C17H17BrFN3O. The van der Waals surface area contributed by atoms with Gasteiger partial charge in [0.2, 0.25) is 0 Å². The van der Waals surface area contributed by atoms with Crippen LogP contribution in [-0.2, 0) is 4.79 Å². The molecular weight excluding hydrogens is 361 g/mol. The van der Waals surface area contributed by atoms with E-state index < -0.39 is 6.04 Å². The van der Waals surface area contributed by atoms with Crippen LogP contribution in [0.4, 0.5) is 10.1 Å². The minimum atomic E-state index is -0.422. The number of rotatable bonds is 6. The van der Waals surface area contributed by atoms with E-state index in [2.05, 4.69) is 31.8 Å². The van der Waals surface area contributed by atoms with Crippen LogP contribution in [0.5, 0.6) is 0 Å². The Hall–Kier alpha value is -2.21. The first-order valence-corrected chi connectivity index (χ1v) is 7.99. The molecule has 0 unspecified atom stereocenters. The van der Waals surface area contributed by atoms with Crippen molar-refractivity contribution >= 4 is 33.7 Å². The Kier molecular flexibility index (Phi) is 6.29. The van der Waals surface area contributed by atoms with Crippen molar-refractivity contribution in [2.24, 2.45) is 5.10 Å². The molecule has 0 bridgehead atoms. The third-order valence-electron chi connectivity index (χ3n) is 3.19. The van der Waals surface area contributed by atoms with Crippen molar-refractivity contribution in [2.75, 3.05) is 5.32 Å². The number of hydrogen-bond donors (Lipinski definition) is 2. The zero-order chi connectivity index (χ0) is 16.7. The van der Waals surface area contributed by atoms with Crippen LogP contribution in [0, 0.1) is 5.82 Å². The van der Waals surface area contributed by atoms with Crippen LogP contribution < -0.4 is 10.7 Å². The van der Waals surface area contributed by atoms with E-state index in [9.17, 15) is 9.18 Å². The topological polar surface area (TPSA) is 53.5 Å². The van der Waals surface area contributed by atoms with E-state index in [0.717, 1.165) is 10.2 Å². The standard InChI is InChI=1S/C17H17BrFN3O/c1-2-16(21-14-9-7-13(18)8-10-14)17(23)22-20-11-12-5-3-4-6-15(12)19/h3-11,16,21H,2H2,1H3,(H,22,23)/b20-11-/t16-/m0/s1. The van der Waals surface area contributed by atoms with Gasteiger partial charge in [-0.05, 0) is 36.8 Å². The molecule has 2 aromatic carbocycles. The van der Waals surface area contributed by atoms with Gasteiger partial charge in [0.1, 0.15) is 11.9 Å². The summed E-state index contributed by atoms with van der Waals surface area (Å²) in [6, 6.07) is 13.3. The largest absolute Gasteiger partial charge is 0.374 e. The van der Waals surface area contributed by atoms with E-state index in [1.54, 1.807) is 18.2 Å². The second-order valence-corrected chi connectivity index (χ2v) is 5.78. The minimum absolute atomic E-state index is 0.275. The Morgan fingerprint density at radius 2 is 1.96 bits per heavy atom. The van der Waals surface area contributed by atoms with E-state index in [1.807, 2.05) is 31.2 Å². The van der Waals surface area contributed by atoms with Gasteiger partial charge in [-0.2, -0.15) is 5.10 Å². The molecule has 23 heavy (non-hydrogen) atoms. The summed E-state index contributed by atoms with van der Waals surface area (Å²) < 4.78 is 14.4. The van der Waals surface area contributed by atoms with Crippen molar-refractivity contribution in [1.82, 2.24) is 5.43 Å². The van der Waals surface area contributed by atoms with Crippen molar-refractivity contribution < 1.29 is 9.18 Å². The Bertz CT molecular complexity index is 688. The molecule has 0 fully saturated rings. The fourth-order valence-corrected chi connectivity index (χ4v) is 2.19. The molecule has 4 nitrogen and oxygen atoms in total. The van der Waals surface area contributed by atoms with Crippen LogP contribution in [0.25, 0.3) is 0 Å². The number of hydrazone groups is 1. The first-order chi connectivity index (χ1) is 11.1. The molecule has 0 aromatic heterocycles. The quantitative estimate of drug-likeness (QED) is 0.591. The average molecular weight is 378 g/mol. The van der Waals surface area contributed by atoms with Gasteiger partial charge < -0.3 is 5.32 Å². The molecule has 2 N–H and O–H groups in total. The number of amides is 1. The maximum atomic E-state index is 13.4. The number of carbonyl (C=O) groups excluding carboxylic acids is 1.